The molecule has 0 spiro atoms. The number of nitrogens with zero attached hydrogens (tertiary/aromatic N) is 1. The van der Waals surface area contributed by atoms with E-state index in [-0.39, 0.29) is 0 Å². The average Bonchev–Trinajstić information content (AvgIpc) is 2.42. The lowest BCUT2D eigenvalue weighted by Crippen LogP contribution is -2.49. The standard InChI is InChI=1S/C17H25NO2/c19-17(20)13-2-1-3-18(9-13)10-16-14-5-11-4-12(7-14)8-15(16)6-11/h2,11-12,14-16H,1,3-10H2,(H,19,20). The van der Waals surface area contributed by atoms with Crippen molar-refractivity contribution in [1.29, 1.82) is 0 Å². The van der Waals surface area contributed by atoms with E-state index >= 15 is 0 Å². The lowest BCUT2D eigenvalue weighted by atomic mass is 9.52. The highest BCUT2D eigenvalue weighted by Gasteiger charge is 2.48. The molecule has 0 radical (unpaired) electrons. The zero-order valence-electron chi connectivity index (χ0n) is 12.1. The van der Waals surface area contributed by atoms with E-state index in [0.717, 1.165) is 49.1 Å². The quantitative estimate of drug-likeness (QED) is 0.861. The van der Waals surface area contributed by atoms with Gasteiger partial charge in [-0.2, -0.15) is 0 Å². The highest BCUT2D eigenvalue weighted by Crippen LogP contribution is 2.56. The van der Waals surface area contributed by atoms with Crippen LogP contribution in [0.25, 0.3) is 0 Å². The molecule has 3 nitrogen and oxygen atoms in total. The molecule has 3 heteroatoms. The lowest BCUT2D eigenvalue weighted by Gasteiger charge is -2.55. The van der Waals surface area contributed by atoms with E-state index in [0.29, 0.717) is 12.1 Å². The van der Waals surface area contributed by atoms with Gasteiger partial charge in [0.05, 0.1) is 0 Å². The molecule has 4 aliphatic carbocycles. The molecule has 1 aliphatic heterocycles. The molecule has 4 saturated carbocycles. The van der Waals surface area contributed by atoms with Gasteiger partial charge in [0.2, 0.25) is 0 Å². The Kier molecular flexibility index (Phi) is 3.13. The molecule has 1 N–H and O–H groups in total. The van der Waals surface area contributed by atoms with Crippen LogP contribution in [0, 0.1) is 29.6 Å². The van der Waals surface area contributed by atoms with Gasteiger partial charge < -0.3 is 5.11 Å². The first-order valence-corrected chi connectivity index (χ1v) is 8.33. The fourth-order valence-electron chi connectivity index (χ4n) is 5.75. The van der Waals surface area contributed by atoms with E-state index in [9.17, 15) is 4.79 Å². The van der Waals surface area contributed by atoms with Crippen LogP contribution in [0.4, 0.5) is 0 Å². The summed E-state index contributed by atoms with van der Waals surface area (Å²) in [5.41, 5.74) is 0.611. The monoisotopic (exact) mass is 275 g/mol. The average molecular weight is 275 g/mol. The topological polar surface area (TPSA) is 40.5 Å². The van der Waals surface area contributed by atoms with E-state index in [4.69, 9.17) is 5.11 Å². The van der Waals surface area contributed by atoms with Crippen molar-refractivity contribution in [3.05, 3.63) is 11.6 Å². The summed E-state index contributed by atoms with van der Waals surface area (Å²) in [7, 11) is 0. The summed E-state index contributed by atoms with van der Waals surface area (Å²) in [5, 5.41) is 9.17. The Hall–Kier alpha value is -0.830. The maximum atomic E-state index is 11.1. The van der Waals surface area contributed by atoms with Crippen LogP contribution in [-0.2, 0) is 4.79 Å². The Balaban J connectivity index is 1.42. The van der Waals surface area contributed by atoms with Crippen LogP contribution >= 0.6 is 0 Å². The SMILES string of the molecule is O=C(O)C1=CCCN(CC2C3CC4CC(C3)CC2C4)C1. The molecule has 0 amide bonds. The Morgan fingerprint density at radius 3 is 2.40 bits per heavy atom. The summed E-state index contributed by atoms with van der Waals surface area (Å²) in [6.07, 6.45) is 10.2. The number of carboxylic acid groups (broad SMARTS) is 1. The first-order chi connectivity index (χ1) is 9.69. The number of carbonyl (C=O) groups is 1. The minimum atomic E-state index is -0.722. The van der Waals surface area contributed by atoms with Crippen molar-refractivity contribution < 1.29 is 9.90 Å². The third-order valence-electron chi connectivity index (χ3n) is 6.40. The van der Waals surface area contributed by atoms with E-state index in [1.54, 1.807) is 0 Å². The Morgan fingerprint density at radius 2 is 1.80 bits per heavy atom. The van der Waals surface area contributed by atoms with Gasteiger partial charge in [-0.15, -0.1) is 0 Å². The molecule has 0 aromatic rings. The highest BCUT2D eigenvalue weighted by molar-refractivity contribution is 5.87. The summed E-state index contributed by atoms with van der Waals surface area (Å²) in [6.45, 7) is 2.87. The van der Waals surface area contributed by atoms with Gasteiger partial charge in [0.1, 0.15) is 0 Å². The molecule has 5 aliphatic rings. The maximum Gasteiger partial charge on any atom is 0.332 e. The second kappa shape index (κ2) is 4.87. The molecule has 0 saturated heterocycles. The molecule has 4 fully saturated rings. The van der Waals surface area contributed by atoms with Gasteiger partial charge >= 0.3 is 5.97 Å². The molecule has 4 bridgehead atoms. The second-order valence-electron chi connectivity index (χ2n) is 7.65. The first kappa shape index (κ1) is 12.9. The summed E-state index contributed by atoms with van der Waals surface area (Å²) < 4.78 is 0. The highest BCUT2D eigenvalue weighted by atomic mass is 16.4. The zero-order valence-corrected chi connectivity index (χ0v) is 12.1. The Bertz CT molecular complexity index is 414. The molecule has 20 heavy (non-hydrogen) atoms. The van der Waals surface area contributed by atoms with Gasteiger partial charge in [-0.05, 0) is 68.1 Å². The molecule has 1 heterocycles. The summed E-state index contributed by atoms with van der Waals surface area (Å²) in [5.74, 6) is 4.10. The number of carboxylic acids is 1. The third-order valence-corrected chi connectivity index (χ3v) is 6.40. The molecular formula is C17H25NO2. The van der Waals surface area contributed by atoms with Crippen molar-refractivity contribution in [3.8, 4) is 0 Å². The van der Waals surface area contributed by atoms with Crippen molar-refractivity contribution in [2.75, 3.05) is 19.6 Å². The summed E-state index contributed by atoms with van der Waals surface area (Å²) in [6, 6.07) is 0. The first-order valence-electron chi connectivity index (χ1n) is 8.33. The largest absolute Gasteiger partial charge is 0.478 e. The van der Waals surface area contributed by atoms with Crippen molar-refractivity contribution in [2.45, 2.75) is 38.5 Å². The fourth-order valence-corrected chi connectivity index (χ4v) is 5.75. The smallest absolute Gasteiger partial charge is 0.332 e. The molecule has 5 rings (SSSR count). The van der Waals surface area contributed by atoms with Gasteiger partial charge in [0.15, 0.2) is 0 Å². The van der Waals surface area contributed by atoms with Crippen LogP contribution in [0.15, 0.2) is 11.6 Å². The van der Waals surface area contributed by atoms with Crippen LogP contribution in [0.1, 0.15) is 38.5 Å². The second-order valence-corrected chi connectivity index (χ2v) is 7.65. The number of hydrogen-bond acceptors (Lipinski definition) is 2. The minimum Gasteiger partial charge on any atom is -0.478 e. The molecule has 0 atom stereocenters. The predicted molar refractivity (Wildman–Crippen MR) is 77.3 cm³/mol. The van der Waals surface area contributed by atoms with E-state index in [1.807, 2.05) is 6.08 Å². The fraction of sp³-hybridized carbons (Fsp3) is 0.824. The van der Waals surface area contributed by atoms with Crippen molar-refractivity contribution in [3.63, 3.8) is 0 Å². The Morgan fingerprint density at radius 1 is 1.15 bits per heavy atom. The van der Waals surface area contributed by atoms with Crippen LogP contribution in [0.3, 0.4) is 0 Å². The third kappa shape index (κ3) is 2.20. The van der Waals surface area contributed by atoms with Crippen LogP contribution in [0.5, 0.6) is 0 Å². The number of hydrogen-bond donors (Lipinski definition) is 1. The van der Waals surface area contributed by atoms with Crippen LogP contribution in [-0.4, -0.2) is 35.6 Å². The molecule has 110 valence electrons. The molecular weight excluding hydrogens is 250 g/mol. The van der Waals surface area contributed by atoms with Gasteiger partial charge in [0.25, 0.3) is 0 Å². The van der Waals surface area contributed by atoms with Gasteiger partial charge in [-0.25, -0.2) is 4.79 Å². The van der Waals surface area contributed by atoms with Crippen LogP contribution < -0.4 is 0 Å². The maximum absolute atomic E-state index is 11.1. The molecule has 0 aromatic heterocycles. The van der Waals surface area contributed by atoms with Crippen molar-refractivity contribution in [1.82, 2.24) is 4.90 Å². The van der Waals surface area contributed by atoms with Crippen LogP contribution in [0.2, 0.25) is 0 Å². The zero-order chi connectivity index (χ0) is 13.7. The van der Waals surface area contributed by atoms with Gasteiger partial charge in [-0.3, -0.25) is 4.90 Å². The summed E-state index contributed by atoms with van der Waals surface area (Å²) in [4.78, 5) is 13.6. The Labute approximate surface area is 121 Å². The van der Waals surface area contributed by atoms with E-state index in [1.165, 1.54) is 32.1 Å². The van der Waals surface area contributed by atoms with E-state index < -0.39 is 5.97 Å². The summed E-state index contributed by atoms with van der Waals surface area (Å²) >= 11 is 0. The number of aliphatic carboxylic acids is 1. The number of rotatable bonds is 3. The van der Waals surface area contributed by atoms with Gasteiger partial charge in [0, 0.05) is 25.2 Å². The molecule has 0 aromatic carbocycles. The normalized spacial score (nSPS) is 43.6. The van der Waals surface area contributed by atoms with Crippen molar-refractivity contribution >= 4 is 5.97 Å². The molecule has 0 unspecified atom stereocenters. The van der Waals surface area contributed by atoms with E-state index in [2.05, 4.69) is 4.90 Å². The van der Waals surface area contributed by atoms with Gasteiger partial charge in [-0.1, -0.05) is 6.08 Å². The van der Waals surface area contributed by atoms with Crippen molar-refractivity contribution in [2.24, 2.45) is 29.6 Å². The lowest BCUT2D eigenvalue weighted by molar-refractivity contribution is -0.133. The predicted octanol–water partition coefficient (Wildman–Crippen LogP) is 2.78. The minimum absolute atomic E-state index is 0.611.